The van der Waals surface area contributed by atoms with Gasteiger partial charge in [0, 0.05) is 48.3 Å². The fourth-order valence-electron chi connectivity index (χ4n) is 16.2. The molecule has 0 saturated carbocycles. The number of benzene rings is 8. The van der Waals surface area contributed by atoms with Crippen molar-refractivity contribution in [2.75, 3.05) is 26.8 Å². The summed E-state index contributed by atoms with van der Waals surface area (Å²) in [4.78, 5) is 119. The summed E-state index contributed by atoms with van der Waals surface area (Å²) in [6.45, 7) is 7.20. The Kier molecular flexibility index (Phi) is 30.0. The number of nitrogens with one attached hydrogen (secondary N) is 9. The number of aliphatic hydroxyl groups is 7. The number of carboxylic acid groups (broad SMARTS) is 1. The maximum atomic E-state index is 16.4. The molecule has 0 radical (unpaired) electrons. The van der Waals surface area contributed by atoms with Gasteiger partial charge >= 0.3 is 5.97 Å². The van der Waals surface area contributed by atoms with Gasteiger partial charge < -0.3 is 143 Å². The van der Waals surface area contributed by atoms with E-state index in [-0.39, 0.29) is 70.9 Å². The zero-order valence-corrected chi connectivity index (χ0v) is 72.6. The number of phenols is 3. The van der Waals surface area contributed by atoms with E-state index in [4.69, 9.17) is 73.7 Å². The summed E-state index contributed by atoms with van der Waals surface area (Å²) in [6.07, 6.45) is -19.2. The van der Waals surface area contributed by atoms with Crippen molar-refractivity contribution in [3.63, 3.8) is 0 Å². The van der Waals surface area contributed by atoms with E-state index in [1.54, 1.807) is 32.0 Å². The Bertz CT molecular complexity index is 5570. The van der Waals surface area contributed by atoms with Gasteiger partial charge in [-0.25, -0.2) is 4.79 Å². The molecule has 11 bridgehead atoms. The number of phenolic OH excluding ortho intramolecular Hbond substituents is 3. The third-order valence-corrected chi connectivity index (χ3v) is 24.1. The molecule has 2 fully saturated rings. The number of carbonyl (C=O) groups is 8. The number of halogens is 3. The minimum absolute atomic E-state index is 0.0839. The minimum atomic E-state index is -2.40. The van der Waals surface area contributed by atoms with E-state index < -0.39 is 256 Å². The highest BCUT2D eigenvalue weighted by Crippen LogP contribution is 2.51. The quantitative estimate of drug-likeness (QED) is 0.0344. The van der Waals surface area contributed by atoms with E-state index in [0.29, 0.717) is 11.3 Å². The van der Waals surface area contributed by atoms with Gasteiger partial charge in [-0.2, -0.15) is 0 Å². The second-order valence-corrected chi connectivity index (χ2v) is 33.9. The van der Waals surface area contributed by atoms with Crippen LogP contribution in [0.2, 0.25) is 15.1 Å². The van der Waals surface area contributed by atoms with E-state index in [1.807, 2.05) is 69.3 Å². The highest BCUT2D eigenvalue weighted by Gasteiger charge is 2.53. The number of carboxylic acids is 1. The fourth-order valence-corrected chi connectivity index (χ4v) is 16.9. The molecule has 129 heavy (non-hydrogen) atoms. The Hall–Kier alpha value is -11.5. The fraction of sp³-hybridized carbons (Fsp3) is 0.378. The van der Waals surface area contributed by atoms with Crippen molar-refractivity contribution in [2.24, 2.45) is 11.7 Å². The van der Waals surface area contributed by atoms with Gasteiger partial charge in [0.15, 0.2) is 29.9 Å². The molecule has 22 N–H and O–H groups in total. The molecule has 0 aromatic heterocycles. The summed E-state index contributed by atoms with van der Waals surface area (Å²) in [5, 5.41) is 152. The first-order valence-corrected chi connectivity index (χ1v) is 42.4. The molecule has 15 rings (SSSR count). The lowest BCUT2D eigenvalue weighted by Crippen LogP contribution is -2.65. The van der Waals surface area contributed by atoms with Crippen LogP contribution in [0, 0.1) is 12.8 Å². The molecule has 8 aromatic carbocycles. The van der Waals surface area contributed by atoms with Crippen molar-refractivity contribution in [3.8, 4) is 74.0 Å². The average molecular weight is 1840 g/mol. The van der Waals surface area contributed by atoms with Crippen LogP contribution in [-0.2, 0) is 72.3 Å². The van der Waals surface area contributed by atoms with E-state index in [2.05, 4.69) is 47.9 Å². The van der Waals surface area contributed by atoms with Gasteiger partial charge in [-0.15, -0.1) is 0 Å². The first-order chi connectivity index (χ1) is 61.5. The summed E-state index contributed by atoms with van der Waals surface area (Å²) >= 11 is 21.3. The normalized spacial score (nSPS) is 25.5. The smallest absolute Gasteiger partial charge is 0.330 e. The Morgan fingerprint density at radius 2 is 1.33 bits per heavy atom. The zero-order valence-electron chi connectivity index (χ0n) is 70.3. The second-order valence-electron chi connectivity index (χ2n) is 32.6. The zero-order chi connectivity index (χ0) is 92.9. The lowest BCUT2D eigenvalue weighted by Gasteiger charge is -2.48. The number of amides is 7. The van der Waals surface area contributed by atoms with Gasteiger partial charge in [0.1, 0.15) is 102 Å². The third-order valence-electron chi connectivity index (χ3n) is 23.2. The number of primary amides is 1. The van der Waals surface area contributed by atoms with Gasteiger partial charge in [0.05, 0.1) is 58.5 Å². The monoisotopic (exact) mass is 1840 g/mol. The molecule has 686 valence electrons. The van der Waals surface area contributed by atoms with Crippen molar-refractivity contribution in [1.29, 1.82) is 0 Å². The number of likely N-dealkylation sites (N-methyl/N-ethyl adjacent to an activating group) is 1. The maximum absolute atomic E-state index is 16.4. The Morgan fingerprint density at radius 1 is 0.667 bits per heavy atom. The number of ether oxygens (including phenoxy) is 7. The van der Waals surface area contributed by atoms with Crippen LogP contribution in [-0.4, -0.2) is 209 Å². The molecule has 18 atom stereocenters. The van der Waals surface area contributed by atoms with Crippen molar-refractivity contribution in [3.05, 3.63) is 205 Å². The molecule has 0 aliphatic carbocycles. The molecule has 7 heterocycles. The van der Waals surface area contributed by atoms with Crippen LogP contribution < -0.4 is 72.5 Å². The molecular formula is C90H99Cl3N10O26. The van der Waals surface area contributed by atoms with E-state index >= 15 is 24.0 Å². The number of hydrogen-bond acceptors (Lipinski definition) is 28. The van der Waals surface area contributed by atoms with Crippen LogP contribution in [0.25, 0.3) is 22.3 Å². The first kappa shape index (κ1) is 95.1. The predicted molar refractivity (Wildman–Crippen MR) is 463 cm³/mol. The predicted octanol–water partition coefficient (Wildman–Crippen LogP) is 5.23. The van der Waals surface area contributed by atoms with Crippen LogP contribution >= 0.6 is 34.8 Å². The van der Waals surface area contributed by atoms with Crippen LogP contribution in [0.5, 0.6) is 51.7 Å². The summed E-state index contributed by atoms with van der Waals surface area (Å²) < 4.78 is 46.0. The van der Waals surface area contributed by atoms with Gasteiger partial charge in [0.25, 0.3) is 0 Å². The number of aliphatic hydroxyl groups excluding tert-OH is 7. The number of nitrogens with two attached hydrogens (primary N) is 1. The number of fused-ring (bicyclic) bond motifs is 15. The summed E-state index contributed by atoms with van der Waals surface area (Å²) in [5.41, 5.74) is 5.77. The van der Waals surface area contributed by atoms with Crippen LogP contribution in [0.15, 0.2) is 140 Å². The van der Waals surface area contributed by atoms with Crippen molar-refractivity contribution in [2.45, 2.75) is 183 Å². The SMILES string of the molecule is CN[C@H](CC(C)C)C(=O)N[C@H]1C(=O)N[C@@H](CC(N)=O)C(=O)N[C@H]2C(=O)N[C@H]3C(=O)N[C@H](C(=O)N[C@H](C(=O)O)c4cc(O)c(CNCCO)c(O)c4-c4cc3ccc4O)[C@H](O)c3ccc(c(Cl)c3)Oc3cc2cc(c3O[C@@H]2O[C@H](CO)[C@@H](O)[C@H](O)[C@H]2O[C@H]2C[C@](C)(NCc3ccc(OCc4cccc(-c5ccccc5)c4C)c(Cl)c3)[C@H](O)[C@H](C)O2)Oc2ccc(cc2Cl)[C@H]1O. The van der Waals surface area contributed by atoms with Gasteiger partial charge in [-0.05, 0) is 157 Å². The average Bonchev–Trinajstić information content (AvgIpc) is 0.755. The van der Waals surface area contributed by atoms with E-state index in [0.717, 1.165) is 82.9 Å². The molecule has 7 amide bonds. The first-order valence-electron chi connectivity index (χ1n) is 41.3. The van der Waals surface area contributed by atoms with E-state index in [9.17, 15) is 70.6 Å². The molecule has 7 aliphatic rings. The molecule has 7 aliphatic heterocycles. The number of rotatable bonds is 24. The Morgan fingerprint density at radius 3 is 1.96 bits per heavy atom. The molecule has 8 aromatic rings. The molecule has 0 spiro atoms. The highest BCUT2D eigenvalue weighted by atomic mass is 35.5. The summed E-state index contributed by atoms with van der Waals surface area (Å²) in [7, 11) is 1.47. The molecule has 2 saturated heterocycles. The van der Waals surface area contributed by atoms with Crippen molar-refractivity contribution >= 4 is 82.1 Å². The summed E-state index contributed by atoms with van der Waals surface area (Å²) in [6, 6.07) is 19.3. The van der Waals surface area contributed by atoms with Gasteiger partial charge in [0.2, 0.25) is 53.4 Å². The van der Waals surface area contributed by atoms with Crippen LogP contribution in [0.3, 0.4) is 0 Å². The van der Waals surface area contributed by atoms with Gasteiger partial charge in [-0.3, -0.25) is 33.6 Å². The molecule has 0 unspecified atom stereocenters. The second kappa shape index (κ2) is 40.6. The number of hydrogen-bond donors (Lipinski definition) is 21. The lowest BCUT2D eigenvalue weighted by atomic mass is 9.84. The van der Waals surface area contributed by atoms with Crippen molar-refractivity contribution < 1.29 is 128 Å². The number of aromatic hydroxyl groups is 3. The van der Waals surface area contributed by atoms with Crippen LogP contribution in [0.4, 0.5) is 0 Å². The topological polar surface area (TPSA) is 558 Å². The largest absolute Gasteiger partial charge is 0.507 e. The Labute approximate surface area is 753 Å². The molecule has 39 heteroatoms. The van der Waals surface area contributed by atoms with E-state index in [1.165, 1.54) is 19.2 Å². The molecular weight excluding hydrogens is 1740 g/mol. The molecule has 36 nitrogen and oxygen atoms in total. The lowest BCUT2D eigenvalue weighted by molar-refractivity contribution is -0.334. The summed E-state index contributed by atoms with van der Waals surface area (Å²) in [5.74, 6) is -16.1. The van der Waals surface area contributed by atoms with Gasteiger partial charge in [-0.1, -0.05) is 121 Å². The standard InChI is InChI=1S/C90H99Cl3N10O26/c1-39(2)25-56(95-6)82(115)102-72-74(109)45-17-21-61(54(92)28-45)125-63-30-48-31-64(79(63)129-89-80(78(113)77(112)65(37-105)127-89)128-67-34-90(5,81(114)41(4)124-67)97-35-42-15-20-60(53(91)26-42)123-38-47-13-10-14-49(40(47)3)43-11-8-7-9-12-43)126-62-22-18-46(29-55(62)93)75(110)73-87(120)101-71(88(121)122)51-32-59(107)52(36-96-23-24-104)76(111)68(51)50-27-44(16-19-58(50)106)69(84(117)103-73)100-85(118)70(48)99-83(116)57(33-66(94)108)98-86(72)119/h7-22,26-32,39,41,56-57,65,67,69-75,77-78,80-81,89,95-97,104-107,109-114H,23-25,33-38H2,1-6H3,(H2,94,108)(H,98,119)(H,99,116)(H,100,118)(H,101,120)(H,102,115)(H,103,117)(H,121,122)/t41-,56+,57-,65+,67-,69+,70+,71-,72+,73-,74+,75+,77+,78-,80+,81+,89-,90-/m0/s1. The number of aliphatic carboxylic acids is 1. The Balaban J connectivity index is 0.946. The number of carbonyl (C=O) groups excluding carboxylic acids is 7. The third kappa shape index (κ3) is 21.0. The maximum Gasteiger partial charge on any atom is 0.330 e. The highest BCUT2D eigenvalue weighted by molar-refractivity contribution is 6.33. The van der Waals surface area contributed by atoms with Crippen LogP contribution in [0.1, 0.15) is 127 Å². The minimum Gasteiger partial charge on any atom is -0.507 e. The van der Waals surface area contributed by atoms with Crippen molar-refractivity contribution in [1.82, 2.24) is 47.9 Å².